The summed E-state index contributed by atoms with van der Waals surface area (Å²) < 4.78 is 12.0. The fourth-order valence-electron chi connectivity index (χ4n) is 1.89. The van der Waals surface area contributed by atoms with Crippen LogP contribution in [-0.4, -0.2) is 6.61 Å². The van der Waals surface area contributed by atoms with Crippen LogP contribution in [-0.2, 0) is 6.61 Å². The Labute approximate surface area is 114 Å². The second kappa shape index (κ2) is 4.80. The number of thiophene rings is 1. The molecule has 3 nitrogen and oxygen atoms in total. The predicted molar refractivity (Wildman–Crippen MR) is 72.5 cm³/mol. The molecule has 1 atom stereocenters. The molecule has 0 saturated carbocycles. The monoisotopic (exact) mass is 281 g/mol. The summed E-state index contributed by atoms with van der Waals surface area (Å²) in [6, 6.07) is 9.58. The number of hydrogen-bond donors (Lipinski definition) is 1. The molecule has 3 rings (SSSR count). The first kappa shape index (κ1) is 11.8. The molecule has 1 unspecified atom stereocenters. The molecule has 2 heterocycles. The molecule has 2 N–H and O–H groups in total. The van der Waals surface area contributed by atoms with Gasteiger partial charge < -0.3 is 15.2 Å². The average molecular weight is 282 g/mol. The highest BCUT2D eigenvalue weighted by molar-refractivity contribution is 7.16. The Morgan fingerprint density at radius 2 is 2.28 bits per heavy atom. The maximum Gasteiger partial charge on any atom is 0.127 e. The summed E-state index contributed by atoms with van der Waals surface area (Å²) in [6.45, 7) is 1.06. The second-order valence-electron chi connectivity index (χ2n) is 4.11. The van der Waals surface area contributed by atoms with E-state index in [1.807, 2.05) is 30.3 Å². The summed E-state index contributed by atoms with van der Waals surface area (Å²) in [5.41, 5.74) is 6.93. The van der Waals surface area contributed by atoms with E-state index in [2.05, 4.69) is 0 Å². The Kier molecular flexibility index (Phi) is 3.16. The van der Waals surface area contributed by atoms with Gasteiger partial charge in [-0.3, -0.25) is 0 Å². The lowest BCUT2D eigenvalue weighted by atomic mass is 10.1. The van der Waals surface area contributed by atoms with Gasteiger partial charge in [0.05, 0.1) is 10.4 Å². The van der Waals surface area contributed by atoms with Crippen molar-refractivity contribution in [1.29, 1.82) is 0 Å². The van der Waals surface area contributed by atoms with Gasteiger partial charge >= 0.3 is 0 Å². The molecular formula is C13H12ClNO2S. The maximum atomic E-state index is 5.89. The smallest absolute Gasteiger partial charge is 0.127 e. The summed E-state index contributed by atoms with van der Waals surface area (Å²) in [4.78, 5) is 1.10. The molecule has 0 radical (unpaired) electrons. The van der Waals surface area contributed by atoms with Crippen LogP contribution in [0.25, 0.3) is 0 Å². The van der Waals surface area contributed by atoms with Crippen molar-refractivity contribution in [2.75, 3.05) is 6.61 Å². The summed E-state index contributed by atoms with van der Waals surface area (Å²) in [5, 5.41) is 0. The molecule has 1 aliphatic heterocycles. The molecule has 18 heavy (non-hydrogen) atoms. The van der Waals surface area contributed by atoms with Crippen molar-refractivity contribution in [2.24, 2.45) is 5.73 Å². The van der Waals surface area contributed by atoms with Crippen LogP contribution in [0.5, 0.6) is 11.5 Å². The quantitative estimate of drug-likeness (QED) is 0.938. The Morgan fingerprint density at radius 1 is 1.39 bits per heavy atom. The first-order valence-electron chi connectivity index (χ1n) is 5.62. The van der Waals surface area contributed by atoms with Gasteiger partial charge in [0, 0.05) is 16.5 Å². The van der Waals surface area contributed by atoms with Crippen LogP contribution in [0.3, 0.4) is 0 Å². The molecule has 1 aromatic carbocycles. The third kappa shape index (κ3) is 2.32. The average Bonchev–Trinajstić information content (AvgIpc) is 2.94. The summed E-state index contributed by atoms with van der Waals surface area (Å²) in [5.74, 6) is 1.61. The Morgan fingerprint density at radius 3 is 3.06 bits per heavy atom. The van der Waals surface area contributed by atoms with E-state index in [-0.39, 0.29) is 6.04 Å². The number of halogens is 1. The highest BCUT2D eigenvalue weighted by Gasteiger charge is 2.20. The zero-order valence-electron chi connectivity index (χ0n) is 9.56. The van der Waals surface area contributed by atoms with Crippen LogP contribution < -0.4 is 15.2 Å². The van der Waals surface area contributed by atoms with Crippen LogP contribution in [0.15, 0.2) is 30.3 Å². The van der Waals surface area contributed by atoms with Crippen LogP contribution in [0.1, 0.15) is 16.5 Å². The van der Waals surface area contributed by atoms with Gasteiger partial charge in [0.25, 0.3) is 0 Å². The standard InChI is InChI=1S/C13H12ClNO2S/c14-13-4-2-9(18-13)6-16-8-1-3-10-11(15)7-17-12(10)5-8/h1-5,11H,6-7,15H2. The summed E-state index contributed by atoms with van der Waals surface area (Å²) in [7, 11) is 0. The minimum absolute atomic E-state index is 0.0230. The number of ether oxygens (including phenoxy) is 2. The molecule has 0 bridgehead atoms. The van der Waals surface area contributed by atoms with Gasteiger partial charge in [-0.15, -0.1) is 11.3 Å². The SMILES string of the molecule is NC1COc2cc(OCc3ccc(Cl)s3)ccc21. The maximum absolute atomic E-state index is 5.89. The second-order valence-corrected chi connectivity index (χ2v) is 5.91. The molecular weight excluding hydrogens is 270 g/mol. The van der Waals surface area contributed by atoms with E-state index in [4.69, 9.17) is 26.8 Å². The van der Waals surface area contributed by atoms with Crippen molar-refractivity contribution in [3.63, 3.8) is 0 Å². The minimum atomic E-state index is -0.0230. The lowest BCUT2D eigenvalue weighted by Crippen LogP contribution is -2.10. The van der Waals surface area contributed by atoms with Gasteiger partial charge in [-0.1, -0.05) is 11.6 Å². The van der Waals surface area contributed by atoms with Crippen molar-refractivity contribution in [3.8, 4) is 11.5 Å². The van der Waals surface area contributed by atoms with Gasteiger partial charge in [0.2, 0.25) is 0 Å². The van der Waals surface area contributed by atoms with Crippen molar-refractivity contribution >= 4 is 22.9 Å². The Hall–Kier alpha value is -1.23. The van der Waals surface area contributed by atoms with Gasteiger partial charge in [0.15, 0.2) is 0 Å². The fourth-order valence-corrected chi connectivity index (χ4v) is 2.89. The van der Waals surface area contributed by atoms with Crippen LogP contribution in [0.2, 0.25) is 4.34 Å². The number of benzene rings is 1. The zero-order valence-corrected chi connectivity index (χ0v) is 11.1. The highest BCUT2D eigenvalue weighted by Crippen LogP contribution is 2.34. The molecule has 5 heteroatoms. The van der Waals surface area contributed by atoms with E-state index in [9.17, 15) is 0 Å². The summed E-state index contributed by atoms with van der Waals surface area (Å²) >= 11 is 7.39. The third-order valence-electron chi connectivity index (χ3n) is 2.81. The first-order chi connectivity index (χ1) is 8.72. The molecule has 0 aliphatic carbocycles. The number of fused-ring (bicyclic) bond motifs is 1. The highest BCUT2D eigenvalue weighted by atomic mass is 35.5. The molecule has 0 spiro atoms. The van der Waals surface area contributed by atoms with Crippen molar-refractivity contribution in [3.05, 3.63) is 45.1 Å². The Balaban J connectivity index is 1.70. The predicted octanol–water partition coefficient (Wildman–Crippen LogP) is 3.37. The molecule has 1 aliphatic rings. The molecule has 94 valence electrons. The lowest BCUT2D eigenvalue weighted by Gasteiger charge is -2.06. The van der Waals surface area contributed by atoms with E-state index >= 15 is 0 Å². The number of hydrogen-bond acceptors (Lipinski definition) is 4. The van der Waals surface area contributed by atoms with E-state index in [1.54, 1.807) is 0 Å². The van der Waals surface area contributed by atoms with Crippen molar-refractivity contribution < 1.29 is 9.47 Å². The molecule has 0 amide bonds. The van der Waals surface area contributed by atoms with Crippen LogP contribution >= 0.6 is 22.9 Å². The van der Waals surface area contributed by atoms with Crippen LogP contribution in [0.4, 0.5) is 0 Å². The minimum Gasteiger partial charge on any atom is -0.491 e. The van der Waals surface area contributed by atoms with Gasteiger partial charge in [-0.25, -0.2) is 0 Å². The molecule has 0 saturated heterocycles. The largest absolute Gasteiger partial charge is 0.491 e. The topological polar surface area (TPSA) is 44.5 Å². The van der Waals surface area contributed by atoms with Crippen LogP contribution in [0, 0.1) is 0 Å². The van der Waals surface area contributed by atoms with E-state index in [1.165, 1.54) is 11.3 Å². The zero-order chi connectivity index (χ0) is 12.5. The molecule has 2 aromatic rings. The van der Waals surface area contributed by atoms with Crippen molar-refractivity contribution in [1.82, 2.24) is 0 Å². The first-order valence-corrected chi connectivity index (χ1v) is 6.81. The van der Waals surface area contributed by atoms with Gasteiger partial charge in [-0.05, 0) is 24.3 Å². The van der Waals surface area contributed by atoms with E-state index in [0.717, 1.165) is 26.3 Å². The van der Waals surface area contributed by atoms with Crippen molar-refractivity contribution in [2.45, 2.75) is 12.6 Å². The Bertz CT molecular complexity index is 570. The number of nitrogens with two attached hydrogens (primary N) is 1. The normalized spacial score (nSPS) is 17.3. The molecule has 0 fully saturated rings. The van der Waals surface area contributed by atoms with E-state index in [0.29, 0.717) is 13.2 Å². The lowest BCUT2D eigenvalue weighted by molar-refractivity contribution is 0.304. The van der Waals surface area contributed by atoms with Gasteiger partial charge in [0.1, 0.15) is 24.7 Å². The third-order valence-corrected chi connectivity index (χ3v) is 4.02. The van der Waals surface area contributed by atoms with E-state index < -0.39 is 0 Å². The van der Waals surface area contributed by atoms with Gasteiger partial charge in [-0.2, -0.15) is 0 Å². The molecule has 1 aromatic heterocycles. The number of rotatable bonds is 3. The fraction of sp³-hybridized carbons (Fsp3) is 0.231. The summed E-state index contributed by atoms with van der Waals surface area (Å²) in [6.07, 6.45) is 0.